The molecule has 0 radical (unpaired) electrons. The van der Waals surface area contributed by atoms with Crippen LogP contribution in [0.15, 0.2) is 42.7 Å². The second-order valence-electron chi connectivity index (χ2n) is 7.61. The van der Waals surface area contributed by atoms with Gasteiger partial charge in [0.05, 0.1) is 34.7 Å². The molecule has 0 fully saturated rings. The number of ether oxygens (including phenoxy) is 2. The van der Waals surface area contributed by atoms with Gasteiger partial charge in [0.15, 0.2) is 0 Å². The molecule has 4 rings (SSSR count). The van der Waals surface area contributed by atoms with Crippen LogP contribution in [0.2, 0.25) is 0 Å². The minimum absolute atomic E-state index is 0.297. The minimum atomic E-state index is -1.03. The topological polar surface area (TPSA) is 98.5 Å². The SMILES string of the molecule is CCOc1cc(-c2cc(NCCn3c(C)cc4c(OC)ccc(F)c43)ncn2)sc1/C=C/C(=O)O. The van der Waals surface area contributed by atoms with Gasteiger partial charge in [-0.25, -0.2) is 19.2 Å². The summed E-state index contributed by atoms with van der Waals surface area (Å²) in [6.07, 6.45) is 4.06. The number of aliphatic carboxylic acids is 1. The molecule has 0 aliphatic heterocycles. The third-order valence-electron chi connectivity index (χ3n) is 5.36. The van der Waals surface area contributed by atoms with Gasteiger partial charge < -0.3 is 24.5 Å². The molecule has 1 aromatic carbocycles. The summed E-state index contributed by atoms with van der Waals surface area (Å²) in [5, 5.41) is 13.0. The molecule has 3 heterocycles. The van der Waals surface area contributed by atoms with Crippen LogP contribution >= 0.6 is 11.3 Å². The average Bonchev–Trinajstić information content (AvgIpc) is 3.40. The van der Waals surface area contributed by atoms with Gasteiger partial charge in [0.2, 0.25) is 0 Å². The number of carboxylic acids is 1. The van der Waals surface area contributed by atoms with Crippen LogP contribution in [-0.2, 0) is 11.3 Å². The van der Waals surface area contributed by atoms with Crippen molar-refractivity contribution >= 4 is 40.1 Å². The van der Waals surface area contributed by atoms with Gasteiger partial charge in [-0.15, -0.1) is 11.3 Å². The Balaban J connectivity index is 1.52. The molecule has 3 aromatic heterocycles. The Hall–Kier alpha value is -3.92. The summed E-state index contributed by atoms with van der Waals surface area (Å²) in [5.41, 5.74) is 2.12. The van der Waals surface area contributed by atoms with Crippen LogP contribution in [-0.4, -0.2) is 45.9 Å². The van der Waals surface area contributed by atoms with Gasteiger partial charge in [-0.05, 0) is 38.1 Å². The van der Waals surface area contributed by atoms with E-state index in [9.17, 15) is 9.18 Å². The molecule has 0 amide bonds. The normalized spacial score (nSPS) is 11.3. The molecular weight excluding hydrogens is 471 g/mol. The Morgan fingerprint density at radius 2 is 2.09 bits per heavy atom. The van der Waals surface area contributed by atoms with E-state index in [2.05, 4.69) is 15.3 Å². The largest absolute Gasteiger partial charge is 0.496 e. The summed E-state index contributed by atoms with van der Waals surface area (Å²) in [4.78, 5) is 21.1. The lowest BCUT2D eigenvalue weighted by Gasteiger charge is -2.11. The number of nitrogens with one attached hydrogen (secondary N) is 1. The fraction of sp³-hybridized carbons (Fsp3) is 0.240. The zero-order valence-electron chi connectivity index (χ0n) is 19.5. The van der Waals surface area contributed by atoms with E-state index in [1.807, 2.05) is 36.6 Å². The zero-order valence-corrected chi connectivity index (χ0v) is 20.4. The molecule has 0 atom stereocenters. The van der Waals surface area contributed by atoms with E-state index < -0.39 is 5.97 Å². The molecular formula is C25H25FN4O4S. The number of fused-ring (bicyclic) bond motifs is 1. The number of hydrogen-bond acceptors (Lipinski definition) is 7. The van der Waals surface area contributed by atoms with Gasteiger partial charge in [-0.1, -0.05) is 0 Å². The van der Waals surface area contributed by atoms with Crippen molar-refractivity contribution in [3.8, 4) is 22.1 Å². The number of hydrogen-bond donors (Lipinski definition) is 2. The summed E-state index contributed by atoms with van der Waals surface area (Å²) in [6, 6.07) is 8.62. The number of benzene rings is 1. The van der Waals surface area contributed by atoms with E-state index in [0.29, 0.717) is 53.1 Å². The predicted octanol–water partition coefficient (Wildman–Crippen LogP) is 5.22. The third-order valence-corrected chi connectivity index (χ3v) is 6.46. The second-order valence-corrected chi connectivity index (χ2v) is 8.69. The predicted molar refractivity (Wildman–Crippen MR) is 135 cm³/mol. The van der Waals surface area contributed by atoms with Crippen LogP contribution in [0.25, 0.3) is 27.6 Å². The van der Waals surface area contributed by atoms with Crippen molar-refractivity contribution in [2.24, 2.45) is 0 Å². The van der Waals surface area contributed by atoms with E-state index in [0.717, 1.165) is 22.0 Å². The first-order valence-corrected chi connectivity index (χ1v) is 11.8. The number of aromatic nitrogens is 3. The maximum absolute atomic E-state index is 14.6. The number of carbonyl (C=O) groups is 1. The smallest absolute Gasteiger partial charge is 0.328 e. The molecule has 0 unspecified atom stereocenters. The Labute approximate surface area is 205 Å². The first-order valence-electron chi connectivity index (χ1n) is 11.0. The van der Waals surface area contributed by atoms with Gasteiger partial charge >= 0.3 is 5.97 Å². The number of halogens is 1. The van der Waals surface area contributed by atoms with Crippen molar-refractivity contribution in [2.75, 3.05) is 25.6 Å². The molecule has 4 aromatic rings. The fourth-order valence-corrected chi connectivity index (χ4v) is 4.81. The van der Waals surface area contributed by atoms with Crippen LogP contribution in [0.1, 0.15) is 17.5 Å². The highest BCUT2D eigenvalue weighted by Gasteiger charge is 2.15. The van der Waals surface area contributed by atoms with Crippen molar-refractivity contribution < 1.29 is 23.8 Å². The Morgan fingerprint density at radius 3 is 2.83 bits per heavy atom. The van der Waals surface area contributed by atoms with Gasteiger partial charge in [0, 0.05) is 42.4 Å². The van der Waals surface area contributed by atoms with E-state index in [4.69, 9.17) is 14.6 Å². The van der Waals surface area contributed by atoms with E-state index in [1.165, 1.54) is 29.8 Å². The molecule has 0 bridgehead atoms. The molecule has 182 valence electrons. The minimum Gasteiger partial charge on any atom is -0.496 e. The van der Waals surface area contributed by atoms with Crippen LogP contribution in [0.4, 0.5) is 10.2 Å². The molecule has 0 saturated heterocycles. The number of nitrogens with zero attached hydrogens (tertiary/aromatic N) is 3. The summed E-state index contributed by atoms with van der Waals surface area (Å²) in [7, 11) is 1.57. The fourth-order valence-electron chi connectivity index (χ4n) is 3.84. The van der Waals surface area contributed by atoms with Crippen LogP contribution in [0.5, 0.6) is 11.5 Å². The molecule has 35 heavy (non-hydrogen) atoms. The van der Waals surface area contributed by atoms with Crippen molar-refractivity contribution in [3.63, 3.8) is 0 Å². The molecule has 0 spiro atoms. The van der Waals surface area contributed by atoms with Crippen LogP contribution < -0.4 is 14.8 Å². The van der Waals surface area contributed by atoms with Crippen molar-refractivity contribution in [1.29, 1.82) is 0 Å². The average molecular weight is 497 g/mol. The van der Waals surface area contributed by atoms with Gasteiger partial charge in [0.25, 0.3) is 0 Å². The monoisotopic (exact) mass is 496 g/mol. The van der Waals surface area contributed by atoms with E-state index >= 15 is 0 Å². The van der Waals surface area contributed by atoms with Crippen molar-refractivity contribution in [1.82, 2.24) is 14.5 Å². The van der Waals surface area contributed by atoms with Crippen molar-refractivity contribution in [3.05, 3.63) is 59.1 Å². The lowest BCUT2D eigenvalue weighted by molar-refractivity contribution is -0.131. The van der Waals surface area contributed by atoms with Crippen LogP contribution in [0, 0.1) is 12.7 Å². The Bertz CT molecular complexity index is 1400. The van der Waals surface area contributed by atoms with E-state index in [1.54, 1.807) is 13.2 Å². The molecule has 2 N–H and O–H groups in total. The summed E-state index contributed by atoms with van der Waals surface area (Å²) >= 11 is 1.38. The number of anilines is 1. The summed E-state index contributed by atoms with van der Waals surface area (Å²) in [5.74, 6) is 0.534. The van der Waals surface area contributed by atoms with Gasteiger partial charge in [-0.2, -0.15) is 0 Å². The highest BCUT2D eigenvalue weighted by Crippen LogP contribution is 2.37. The molecule has 8 nitrogen and oxygen atoms in total. The van der Waals surface area contributed by atoms with Crippen LogP contribution in [0.3, 0.4) is 0 Å². The first kappa shape index (κ1) is 24.2. The zero-order chi connectivity index (χ0) is 24.9. The summed E-state index contributed by atoms with van der Waals surface area (Å²) < 4.78 is 27.5. The second kappa shape index (κ2) is 10.6. The highest BCUT2D eigenvalue weighted by molar-refractivity contribution is 7.16. The number of carboxylic acid groups (broad SMARTS) is 1. The van der Waals surface area contributed by atoms with Crippen molar-refractivity contribution in [2.45, 2.75) is 20.4 Å². The number of rotatable bonds is 10. The number of aryl methyl sites for hydroxylation is 1. The molecule has 10 heteroatoms. The Kier molecular flexibility index (Phi) is 7.31. The number of thiophene rings is 1. The molecule has 0 aliphatic rings. The molecule has 0 aliphatic carbocycles. The molecule has 0 saturated carbocycles. The third kappa shape index (κ3) is 5.27. The van der Waals surface area contributed by atoms with Gasteiger partial charge in [-0.3, -0.25) is 0 Å². The standard InChI is InChI=1S/C25H25FN4O4S/c1-4-34-20-13-22(35-21(20)7-8-24(31)32)18-12-23(29-14-28-18)27-9-10-30-15(2)11-16-19(33-3)6-5-17(26)25(16)30/h5-8,11-14H,4,9-10H2,1-3H3,(H,31,32)(H,27,28,29)/b8-7+. The van der Waals surface area contributed by atoms with E-state index in [-0.39, 0.29) is 5.82 Å². The lowest BCUT2D eigenvalue weighted by Crippen LogP contribution is -2.12. The first-order chi connectivity index (χ1) is 16.9. The van der Waals surface area contributed by atoms with Gasteiger partial charge in [0.1, 0.15) is 29.5 Å². The maximum Gasteiger partial charge on any atom is 0.328 e. The quantitative estimate of drug-likeness (QED) is 0.290. The highest BCUT2D eigenvalue weighted by atomic mass is 32.1. The maximum atomic E-state index is 14.6. The summed E-state index contributed by atoms with van der Waals surface area (Å²) in [6.45, 7) is 5.30. The lowest BCUT2D eigenvalue weighted by atomic mass is 10.2. The number of methoxy groups -OCH3 is 1. The Morgan fingerprint density at radius 1 is 1.26 bits per heavy atom.